The number of amides is 1. The van der Waals surface area contributed by atoms with Gasteiger partial charge in [-0.2, -0.15) is 0 Å². The molecule has 1 aliphatic rings. The molecule has 0 spiro atoms. The zero-order valence-electron chi connectivity index (χ0n) is 15.4. The fourth-order valence-electron chi connectivity index (χ4n) is 3.62. The van der Waals surface area contributed by atoms with Gasteiger partial charge in [0.1, 0.15) is 17.2 Å². The molecule has 0 aliphatic heterocycles. The van der Waals surface area contributed by atoms with E-state index in [1.165, 1.54) is 6.07 Å². The Morgan fingerprint density at radius 2 is 2.04 bits per heavy atom. The van der Waals surface area contributed by atoms with Crippen molar-refractivity contribution in [2.24, 2.45) is 5.41 Å². The highest BCUT2D eigenvalue weighted by atomic mass is 19.1. The molecule has 0 saturated heterocycles. The number of carbonyl (C=O) groups is 2. The Hall–Kier alpha value is -2.02. The fourth-order valence-corrected chi connectivity index (χ4v) is 3.62. The van der Waals surface area contributed by atoms with E-state index >= 15 is 0 Å². The SMILES string of the molecule is CCOC1CC(NC(=O)CC(C)c2ccc(F)cc2F)(C(=O)O)C1(C)C. The van der Waals surface area contributed by atoms with Crippen molar-refractivity contribution in [2.75, 3.05) is 6.61 Å². The molecule has 0 radical (unpaired) electrons. The number of nitrogens with one attached hydrogen (secondary N) is 1. The number of rotatable bonds is 7. The molecule has 1 aromatic rings. The van der Waals surface area contributed by atoms with Crippen LogP contribution in [0.25, 0.3) is 0 Å². The van der Waals surface area contributed by atoms with Gasteiger partial charge >= 0.3 is 5.97 Å². The third-order valence-corrected chi connectivity index (χ3v) is 5.47. The van der Waals surface area contributed by atoms with Crippen LogP contribution < -0.4 is 5.32 Å². The Morgan fingerprint density at radius 3 is 2.54 bits per heavy atom. The van der Waals surface area contributed by atoms with Crippen molar-refractivity contribution in [1.82, 2.24) is 5.32 Å². The van der Waals surface area contributed by atoms with Crippen LogP contribution in [0.2, 0.25) is 0 Å². The van der Waals surface area contributed by atoms with Crippen molar-refractivity contribution < 1.29 is 28.2 Å². The van der Waals surface area contributed by atoms with Crippen LogP contribution in [0.4, 0.5) is 8.78 Å². The number of halogens is 2. The second-order valence-electron chi connectivity index (χ2n) is 7.40. The topological polar surface area (TPSA) is 75.6 Å². The molecule has 1 aromatic carbocycles. The van der Waals surface area contributed by atoms with Crippen LogP contribution in [0.15, 0.2) is 18.2 Å². The monoisotopic (exact) mass is 369 g/mol. The summed E-state index contributed by atoms with van der Waals surface area (Å²) in [6.45, 7) is 7.41. The molecular weight excluding hydrogens is 344 g/mol. The molecule has 1 saturated carbocycles. The highest BCUT2D eigenvalue weighted by molar-refractivity contribution is 5.89. The number of ether oxygens (including phenoxy) is 1. The van der Waals surface area contributed by atoms with Gasteiger partial charge in [-0.15, -0.1) is 0 Å². The largest absolute Gasteiger partial charge is 0.479 e. The van der Waals surface area contributed by atoms with Gasteiger partial charge in [0.05, 0.1) is 6.10 Å². The van der Waals surface area contributed by atoms with E-state index in [1.54, 1.807) is 20.8 Å². The molecule has 0 bridgehead atoms. The average molecular weight is 369 g/mol. The van der Waals surface area contributed by atoms with Gasteiger partial charge in [-0.25, -0.2) is 13.6 Å². The number of benzene rings is 1. The predicted molar refractivity (Wildman–Crippen MR) is 91.7 cm³/mol. The number of hydrogen-bond acceptors (Lipinski definition) is 3. The molecular formula is C19H25F2NO4. The van der Waals surface area contributed by atoms with Gasteiger partial charge in [-0.05, 0) is 24.5 Å². The summed E-state index contributed by atoms with van der Waals surface area (Å²) in [7, 11) is 0. The maximum absolute atomic E-state index is 13.9. The van der Waals surface area contributed by atoms with Crippen molar-refractivity contribution >= 4 is 11.9 Å². The maximum Gasteiger partial charge on any atom is 0.330 e. The minimum absolute atomic E-state index is 0.104. The van der Waals surface area contributed by atoms with Crippen molar-refractivity contribution in [3.63, 3.8) is 0 Å². The molecule has 0 heterocycles. The minimum Gasteiger partial charge on any atom is -0.479 e. The van der Waals surface area contributed by atoms with Crippen molar-refractivity contribution in [3.05, 3.63) is 35.4 Å². The smallest absolute Gasteiger partial charge is 0.330 e. The molecule has 3 atom stereocenters. The van der Waals surface area contributed by atoms with E-state index in [2.05, 4.69) is 5.32 Å². The van der Waals surface area contributed by atoms with Gasteiger partial charge in [0, 0.05) is 30.9 Å². The van der Waals surface area contributed by atoms with Gasteiger partial charge in [-0.3, -0.25) is 4.79 Å². The van der Waals surface area contributed by atoms with Gasteiger partial charge < -0.3 is 15.2 Å². The first-order valence-corrected chi connectivity index (χ1v) is 8.66. The standard InChI is InChI=1S/C19H25F2NO4/c1-5-26-15-10-19(17(24)25,18(15,3)4)22-16(23)8-11(2)13-7-6-12(20)9-14(13)21/h6-7,9,11,15H,5,8,10H2,1-4H3,(H,22,23)(H,24,25). The lowest BCUT2D eigenvalue weighted by atomic mass is 9.54. The van der Waals surface area contributed by atoms with Gasteiger partial charge in [0.15, 0.2) is 0 Å². The molecule has 1 amide bonds. The van der Waals surface area contributed by atoms with E-state index in [0.717, 1.165) is 12.1 Å². The molecule has 1 fully saturated rings. The van der Waals surface area contributed by atoms with E-state index in [1.807, 2.05) is 6.92 Å². The van der Waals surface area contributed by atoms with E-state index < -0.39 is 40.4 Å². The summed E-state index contributed by atoms with van der Waals surface area (Å²) in [5, 5.41) is 12.3. The summed E-state index contributed by atoms with van der Waals surface area (Å²) in [5.41, 5.74) is -1.99. The first kappa shape index (κ1) is 20.3. The Morgan fingerprint density at radius 1 is 1.38 bits per heavy atom. The van der Waals surface area contributed by atoms with Crippen LogP contribution in [0.3, 0.4) is 0 Å². The van der Waals surface area contributed by atoms with Gasteiger partial charge in [-0.1, -0.05) is 26.8 Å². The second-order valence-corrected chi connectivity index (χ2v) is 7.40. The molecule has 5 nitrogen and oxygen atoms in total. The lowest BCUT2D eigenvalue weighted by Crippen LogP contribution is -2.76. The van der Waals surface area contributed by atoms with E-state index in [0.29, 0.717) is 6.61 Å². The zero-order chi connectivity index (χ0) is 19.7. The van der Waals surface area contributed by atoms with E-state index in [-0.39, 0.29) is 24.5 Å². The summed E-state index contributed by atoms with van der Waals surface area (Å²) in [4.78, 5) is 24.3. The lowest BCUT2D eigenvalue weighted by Gasteiger charge is -2.58. The quantitative estimate of drug-likeness (QED) is 0.774. The summed E-state index contributed by atoms with van der Waals surface area (Å²) < 4.78 is 32.5. The fraction of sp³-hybridized carbons (Fsp3) is 0.579. The zero-order valence-corrected chi connectivity index (χ0v) is 15.4. The molecule has 3 unspecified atom stereocenters. The third-order valence-electron chi connectivity index (χ3n) is 5.47. The summed E-state index contributed by atoms with van der Waals surface area (Å²) in [6.07, 6.45) is -0.197. The third kappa shape index (κ3) is 3.45. The van der Waals surface area contributed by atoms with Crippen LogP contribution in [0.1, 0.15) is 52.0 Å². The summed E-state index contributed by atoms with van der Waals surface area (Å²) >= 11 is 0. The summed E-state index contributed by atoms with van der Waals surface area (Å²) in [5.74, 6) is -3.55. The van der Waals surface area contributed by atoms with Crippen molar-refractivity contribution in [3.8, 4) is 0 Å². The van der Waals surface area contributed by atoms with Crippen LogP contribution in [0.5, 0.6) is 0 Å². The average Bonchev–Trinajstić information content (AvgIpc) is 2.52. The van der Waals surface area contributed by atoms with Crippen LogP contribution >= 0.6 is 0 Å². The summed E-state index contributed by atoms with van der Waals surface area (Å²) in [6, 6.07) is 3.20. The number of carbonyl (C=O) groups excluding carboxylic acids is 1. The Labute approximate surface area is 151 Å². The predicted octanol–water partition coefficient (Wildman–Crippen LogP) is 3.23. The second kappa shape index (κ2) is 7.31. The van der Waals surface area contributed by atoms with Crippen molar-refractivity contribution in [2.45, 2.75) is 58.1 Å². The lowest BCUT2D eigenvalue weighted by molar-refractivity contribution is -0.194. The van der Waals surface area contributed by atoms with Crippen LogP contribution in [-0.4, -0.2) is 35.2 Å². The van der Waals surface area contributed by atoms with Crippen LogP contribution in [-0.2, 0) is 14.3 Å². The molecule has 26 heavy (non-hydrogen) atoms. The maximum atomic E-state index is 13.9. The normalized spacial score (nSPS) is 25.2. The molecule has 144 valence electrons. The molecule has 2 rings (SSSR count). The number of carboxylic acids is 1. The minimum atomic E-state index is -1.43. The first-order valence-electron chi connectivity index (χ1n) is 8.66. The Bertz CT molecular complexity index is 707. The molecule has 0 aromatic heterocycles. The number of carboxylic acid groups (broad SMARTS) is 1. The van der Waals surface area contributed by atoms with E-state index in [4.69, 9.17) is 4.74 Å². The molecule has 7 heteroatoms. The highest BCUT2D eigenvalue weighted by Gasteiger charge is 2.66. The Kier molecular flexibility index (Phi) is 5.70. The van der Waals surface area contributed by atoms with Gasteiger partial charge in [0.25, 0.3) is 0 Å². The molecule has 1 aliphatic carbocycles. The van der Waals surface area contributed by atoms with Crippen LogP contribution in [0, 0.1) is 17.0 Å². The highest BCUT2D eigenvalue weighted by Crippen LogP contribution is 2.51. The Balaban J connectivity index is 2.11. The molecule has 2 N–H and O–H groups in total. The van der Waals surface area contributed by atoms with Gasteiger partial charge in [0.2, 0.25) is 5.91 Å². The first-order chi connectivity index (χ1) is 12.0. The number of aliphatic carboxylic acids is 1. The van der Waals surface area contributed by atoms with Crippen molar-refractivity contribution in [1.29, 1.82) is 0 Å². The van der Waals surface area contributed by atoms with E-state index in [9.17, 15) is 23.5 Å². The number of hydrogen-bond donors (Lipinski definition) is 2.